The first-order valence-electron chi connectivity index (χ1n) is 7.83. The highest BCUT2D eigenvalue weighted by atomic mass is 16.5. The van der Waals surface area contributed by atoms with Crippen molar-refractivity contribution >= 4 is 11.7 Å². The molecule has 0 aliphatic carbocycles. The number of anilines is 1. The largest absolute Gasteiger partial charge is 0.376 e. The van der Waals surface area contributed by atoms with E-state index >= 15 is 0 Å². The molecule has 1 aliphatic heterocycles. The molecule has 1 aliphatic rings. The molecule has 124 valence electrons. The number of rotatable bonds is 4. The fourth-order valence-electron chi connectivity index (χ4n) is 2.35. The van der Waals surface area contributed by atoms with Crippen LogP contribution in [0.2, 0.25) is 0 Å². The third-order valence-electron chi connectivity index (χ3n) is 3.59. The predicted octanol–water partition coefficient (Wildman–Crippen LogP) is 2.42. The van der Waals surface area contributed by atoms with Crippen molar-refractivity contribution in [1.29, 1.82) is 0 Å². The van der Waals surface area contributed by atoms with E-state index in [9.17, 15) is 4.79 Å². The van der Waals surface area contributed by atoms with E-state index in [2.05, 4.69) is 21.2 Å². The molecular weight excluding hydrogens is 292 g/mol. The first-order chi connectivity index (χ1) is 10.9. The maximum atomic E-state index is 12.4. The van der Waals surface area contributed by atoms with Crippen molar-refractivity contribution in [2.24, 2.45) is 0 Å². The average molecular weight is 316 g/mol. The van der Waals surface area contributed by atoms with Gasteiger partial charge in [0.25, 0.3) is 0 Å². The zero-order valence-corrected chi connectivity index (χ0v) is 14.0. The molecule has 1 atom stereocenters. The predicted molar refractivity (Wildman–Crippen MR) is 89.1 cm³/mol. The van der Waals surface area contributed by atoms with Crippen LogP contribution >= 0.6 is 0 Å². The molecule has 2 heterocycles. The molecule has 1 aromatic rings. The molecule has 2 rings (SSSR count). The van der Waals surface area contributed by atoms with Crippen molar-refractivity contribution < 1.29 is 9.53 Å². The smallest absolute Gasteiger partial charge is 0.322 e. The second kappa shape index (κ2) is 7.42. The first-order valence-corrected chi connectivity index (χ1v) is 7.83. The highest BCUT2D eigenvalue weighted by Gasteiger charge is 2.22. The van der Waals surface area contributed by atoms with Gasteiger partial charge in [0.15, 0.2) is 0 Å². The van der Waals surface area contributed by atoms with E-state index < -0.39 is 0 Å². The maximum Gasteiger partial charge on any atom is 0.322 e. The molecule has 0 saturated carbocycles. The number of nitrogens with one attached hydrogen (secondary N) is 1. The molecule has 6 nitrogen and oxygen atoms in total. The van der Waals surface area contributed by atoms with E-state index in [4.69, 9.17) is 11.2 Å². The van der Waals surface area contributed by atoms with Gasteiger partial charge in [-0.1, -0.05) is 26.7 Å². The minimum absolute atomic E-state index is 0.0635. The fraction of sp³-hybridized carbons (Fsp3) is 0.588. The van der Waals surface area contributed by atoms with Gasteiger partial charge in [0, 0.05) is 18.6 Å². The summed E-state index contributed by atoms with van der Waals surface area (Å²) in [6.07, 6.45) is 10.6. The summed E-state index contributed by atoms with van der Waals surface area (Å²) in [6, 6.07) is -0.259. The van der Waals surface area contributed by atoms with Crippen molar-refractivity contribution in [3.63, 3.8) is 0 Å². The van der Waals surface area contributed by atoms with E-state index in [0.29, 0.717) is 12.2 Å². The van der Waals surface area contributed by atoms with Crippen LogP contribution in [0.1, 0.15) is 39.4 Å². The molecule has 1 N–H and O–H groups in total. The molecule has 1 saturated heterocycles. The van der Waals surface area contributed by atoms with Gasteiger partial charge in [-0.05, 0) is 12.8 Å². The number of aromatic nitrogens is 2. The van der Waals surface area contributed by atoms with Crippen LogP contribution in [0.5, 0.6) is 0 Å². The number of hydrogen-bond donors (Lipinski definition) is 1. The Morgan fingerprint density at radius 3 is 2.70 bits per heavy atom. The Bertz CT molecular complexity index is 566. The Hall–Kier alpha value is -2.13. The Labute approximate surface area is 137 Å². The van der Waals surface area contributed by atoms with E-state index in [1.807, 2.05) is 20.8 Å². The molecule has 0 unspecified atom stereocenters. The summed E-state index contributed by atoms with van der Waals surface area (Å²) >= 11 is 0. The Morgan fingerprint density at radius 1 is 1.48 bits per heavy atom. The van der Waals surface area contributed by atoms with Crippen molar-refractivity contribution in [3.05, 3.63) is 18.2 Å². The Morgan fingerprint density at radius 2 is 2.17 bits per heavy atom. The summed E-state index contributed by atoms with van der Waals surface area (Å²) in [5.41, 5.74) is 0.426. The van der Waals surface area contributed by atoms with Crippen molar-refractivity contribution in [1.82, 2.24) is 14.9 Å². The van der Waals surface area contributed by atoms with Gasteiger partial charge < -0.3 is 15.0 Å². The standard InChI is InChI=1S/C17H24N4O2/c1-5-8-21(12-14-7-6-9-23-14)16(22)20-13-10-18-15(19-11-13)17(2,3)4/h1,10-11,14H,6-9,12H2,2-4H3,(H,20,22)/t14-/m1/s1. The zero-order chi connectivity index (χ0) is 16.9. The summed E-state index contributed by atoms with van der Waals surface area (Å²) in [7, 11) is 0. The fourth-order valence-corrected chi connectivity index (χ4v) is 2.35. The molecule has 6 heteroatoms. The van der Waals surface area contributed by atoms with Crippen molar-refractivity contribution in [2.75, 3.05) is 25.0 Å². The second-order valence-corrected chi connectivity index (χ2v) is 6.70. The quantitative estimate of drug-likeness (QED) is 0.866. The van der Waals surface area contributed by atoms with Crippen molar-refractivity contribution in [3.8, 4) is 12.3 Å². The average Bonchev–Trinajstić information content (AvgIpc) is 2.99. The van der Waals surface area contributed by atoms with Gasteiger partial charge in [-0.15, -0.1) is 6.42 Å². The summed E-state index contributed by atoms with van der Waals surface area (Å²) in [5.74, 6) is 3.25. The highest BCUT2D eigenvalue weighted by Crippen LogP contribution is 2.18. The molecule has 0 radical (unpaired) electrons. The maximum absolute atomic E-state index is 12.4. The van der Waals surface area contributed by atoms with Gasteiger partial charge in [0.05, 0.1) is 30.7 Å². The number of carbonyl (C=O) groups is 1. The minimum atomic E-state index is -0.259. The van der Waals surface area contributed by atoms with Crippen LogP contribution in [0.4, 0.5) is 10.5 Å². The number of hydrogen-bond acceptors (Lipinski definition) is 4. The zero-order valence-electron chi connectivity index (χ0n) is 14.0. The molecule has 2 amide bonds. The van der Waals surface area contributed by atoms with E-state index in [0.717, 1.165) is 25.3 Å². The van der Waals surface area contributed by atoms with E-state index in [-0.39, 0.29) is 24.1 Å². The molecule has 0 aromatic carbocycles. The number of nitrogens with zero attached hydrogens (tertiary/aromatic N) is 3. The third kappa shape index (κ3) is 4.93. The van der Waals surface area contributed by atoms with Crippen LogP contribution in [0, 0.1) is 12.3 Å². The lowest BCUT2D eigenvalue weighted by molar-refractivity contribution is 0.0867. The monoisotopic (exact) mass is 316 g/mol. The van der Waals surface area contributed by atoms with E-state index in [1.54, 1.807) is 17.3 Å². The number of terminal acetylenes is 1. The lowest BCUT2D eigenvalue weighted by Crippen LogP contribution is -2.40. The van der Waals surface area contributed by atoms with Crippen LogP contribution in [0.3, 0.4) is 0 Å². The van der Waals surface area contributed by atoms with Crippen LogP contribution < -0.4 is 5.32 Å². The topological polar surface area (TPSA) is 67.3 Å². The molecule has 0 spiro atoms. The lowest BCUT2D eigenvalue weighted by atomic mass is 9.96. The van der Waals surface area contributed by atoms with Crippen LogP contribution in [-0.4, -0.2) is 46.7 Å². The summed E-state index contributed by atoms with van der Waals surface area (Å²) in [6.45, 7) is 7.60. The Balaban J connectivity index is 1.98. The van der Waals surface area contributed by atoms with E-state index in [1.165, 1.54) is 0 Å². The molecular formula is C17H24N4O2. The van der Waals surface area contributed by atoms with Gasteiger partial charge in [0.1, 0.15) is 5.82 Å². The summed E-state index contributed by atoms with van der Waals surface area (Å²) < 4.78 is 5.57. The van der Waals surface area contributed by atoms with Gasteiger partial charge in [-0.3, -0.25) is 0 Å². The normalized spacial score (nSPS) is 17.6. The number of carbonyl (C=O) groups excluding carboxylic acids is 1. The van der Waals surface area contributed by atoms with Crippen molar-refractivity contribution in [2.45, 2.75) is 45.1 Å². The van der Waals surface area contributed by atoms with Crippen LogP contribution in [0.15, 0.2) is 12.4 Å². The van der Waals surface area contributed by atoms with Gasteiger partial charge in [-0.25, -0.2) is 14.8 Å². The minimum Gasteiger partial charge on any atom is -0.376 e. The SMILES string of the molecule is C#CCN(C[C@H]1CCCO1)C(=O)Nc1cnc(C(C)(C)C)nc1. The molecule has 0 bridgehead atoms. The van der Waals surface area contributed by atoms with Gasteiger partial charge in [0.2, 0.25) is 0 Å². The Kier molecular flexibility index (Phi) is 5.56. The van der Waals surface area contributed by atoms with Gasteiger partial charge in [-0.2, -0.15) is 0 Å². The number of urea groups is 1. The number of amides is 2. The molecule has 1 aromatic heterocycles. The lowest BCUT2D eigenvalue weighted by Gasteiger charge is -2.23. The second-order valence-electron chi connectivity index (χ2n) is 6.70. The molecule has 1 fully saturated rings. The van der Waals surface area contributed by atoms with Gasteiger partial charge >= 0.3 is 6.03 Å². The number of ether oxygens (including phenoxy) is 1. The summed E-state index contributed by atoms with van der Waals surface area (Å²) in [5, 5.41) is 2.79. The molecule has 23 heavy (non-hydrogen) atoms. The third-order valence-corrected chi connectivity index (χ3v) is 3.59. The highest BCUT2D eigenvalue weighted by molar-refractivity contribution is 5.89. The van der Waals surface area contributed by atoms with Crippen LogP contribution in [0.25, 0.3) is 0 Å². The first kappa shape index (κ1) is 17.2. The summed E-state index contributed by atoms with van der Waals surface area (Å²) in [4.78, 5) is 22.6. The van der Waals surface area contributed by atoms with Crippen LogP contribution in [-0.2, 0) is 10.2 Å².